The first-order valence-electron chi connectivity index (χ1n) is 9.83. The highest BCUT2D eigenvalue weighted by Crippen LogP contribution is 2.67. The molecule has 22 heavy (non-hydrogen) atoms. The van der Waals surface area contributed by atoms with Gasteiger partial charge in [-0.15, -0.1) is 0 Å². The van der Waals surface area contributed by atoms with Gasteiger partial charge >= 0.3 is 0 Å². The van der Waals surface area contributed by atoms with Crippen LogP contribution in [0.3, 0.4) is 0 Å². The van der Waals surface area contributed by atoms with Gasteiger partial charge in [-0.1, -0.05) is 25.5 Å². The number of aliphatic hydroxyl groups is 1. The molecular formula is C21H34O. The quantitative estimate of drug-likeness (QED) is 0.599. The predicted molar refractivity (Wildman–Crippen MR) is 91.5 cm³/mol. The fourth-order valence-electron chi connectivity index (χ4n) is 7.56. The molecular weight excluding hydrogens is 268 g/mol. The van der Waals surface area contributed by atoms with Gasteiger partial charge in [0.25, 0.3) is 0 Å². The zero-order valence-electron chi connectivity index (χ0n) is 14.8. The van der Waals surface area contributed by atoms with Crippen LogP contribution in [-0.2, 0) is 0 Å². The van der Waals surface area contributed by atoms with Crippen molar-refractivity contribution < 1.29 is 5.11 Å². The van der Waals surface area contributed by atoms with Crippen LogP contribution in [0.15, 0.2) is 11.6 Å². The monoisotopic (exact) mass is 302 g/mol. The summed E-state index contributed by atoms with van der Waals surface area (Å²) in [6.45, 7) is 7.43. The average molecular weight is 303 g/mol. The molecule has 4 aliphatic carbocycles. The van der Waals surface area contributed by atoms with E-state index in [9.17, 15) is 5.11 Å². The molecule has 0 spiro atoms. The van der Waals surface area contributed by atoms with Crippen molar-refractivity contribution in [1.29, 1.82) is 0 Å². The van der Waals surface area contributed by atoms with Crippen molar-refractivity contribution in [3.63, 3.8) is 0 Å². The lowest BCUT2D eigenvalue weighted by Gasteiger charge is -2.60. The number of hydrogen-bond acceptors (Lipinski definition) is 1. The maximum Gasteiger partial charge on any atom is 0.0543 e. The third-order valence-corrected chi connectivity index (χ3v) is 8.83. The summed E-state index contributed by atoms with van der Waals surface area (Å²) in [6, 6.07) is 0. The molecule has 124 valence electrons. The Hall–Kier alpha value is -0.300. The van der Waals surface area contributed by atoms with Crippen LogP contribution in [-0.4, -0.2) is 11.2 Å². The molecule has 7 atom stereocenters. The van der Waals surface area contributed by atoms with Gasteiger partial charge < -0.3 is 5.11 Å². The number of fused-ring (bicyclic) bond motifs is 5. The normalized spacial score (nSPS) is 56.4. The molecule has 0 saturated heterocycles. The van der Waals surface area contributed by atoms with Crippen LogP contribution in [0.25, 0.3) is 0 Å². The van der Waals surface area contributed by atoms with Crippen molar-refractivity contribution in [2.75, 3.05) is 0 Å². The van der Waals surface area contributed by atoms with Gasteiger partial charge in [-0.05, 0) is 99.2 Å². The summed E-state index contributed by atoms with van der Waals surface area (Å²) in [5.41, 5.74) is 2.82. The maximum atomic E-state index is 10.1. The van der Waals surface area contributed by atoms with E-state index >= 15 is 0 Å². The SMILES string of the molecule is C/C=C1/CCC2C3CC[C@H]4C[C@H](O)CC[C@]4(C)C3CC[C@]12C. The third-order valence-electron chi connectivity index (χ3n) is 8.83. The van der Waals surface area contributed by atoms with E-state index in [4.69, 9.17) is 0 Å². The lowest BCUT2D eigenvalue weighted by atomic mass is 9.45. The highest BCUT2D eigenvalue weighted by atomic mass is 16.3. The minimum absolute atomic E-state index is 0.00964. The summed E-state index contributed by atoms with van der Waals surface area (Å²) >= 11 is 0. The number of rotatable bonds is 0. The van der Waals surface area contributed by atoms with E-state index in [1.165, 1.54) is 44.9 Å². The molecule has 0 aliphatic heterocycles. The molecule has 1 N–H and O–H groups in total. The van der Waals surface area contributed by atoms with Crippen molar-refractivity contribution in [2.45, 2.75) is 84.7 Å². The van der Waals surface area contributed by atoms with Gasteiger partial charge in [-0.2, -0.15) is 0 Å². The highest BCUT2D eigenvalue weighted by Gasteiger charge is 2.58. The van der Waals surface area contributed by atoms with Gasteiger partial charge in [0.1, 0.15) is 0 Å². The van der Waals surface area contributed by atoms with E-state index in [1.54, 1.807) is 5.57 Å². The highest BCUT2D eigenvalue weighted by molar-refractivity contribution is 5.23. The fourth-order valence-corrected chi connectivity index (χ4v) is 7.56. The zero-order valence-corrected chi connectivity index (χ0v) is 14.8. The minimum atomic E-state index is -0.00964. The van der Waals surface area contributed by atoms with Gasteiger partial charge in [-0.3, -0.25) is 0 Å². The van der Waals surface area contributed by atoms with Crippen LogP contribution in [0.1, 0.15) is 78.6 Å². The maximum absolute atomic E-state index is 10.1. The Morgan fingerprint density at radius 3 is 2.59 bits per heavy atom. The Bertz CT molecular complexity index is 480. The van der Waals surface area contributed by atoms with Crippen molar-refractivity contribution >= 4 is 0 Å². The molecule has 1 nitrogen and oxygen atoms in total. The van der Waals surface area contributed by atoms with E-state index in [-0.39, 0.29) is 6.10 Å². The van der Waals surface area contributed by atoms with E-state index in [2.05, 4.69) is 26.8 Å². The topological polar surface area (TPSA) is 20.2 Å². The molecule has 0 aromatic carbocycles. The Morgan fingerprint density at radius 2 is 1.82 bits per heavy atom. The van der Waals surface area contributed by atoms with Gasteiger partial charge in [0.05, 0.1) is 6.10 Å². The zero-order chi connectivity index (χ0) is 15.5. The summed E-state index contributed by atoms with van der Waals surface area (Å²) in [7, 11) is 0. The standard InChI is InChI=1S/C21H34O/c1-4-14-6-8-18-17-7-5-15-13-16(22)9-11-21(15,3)19(17)10-12-20(14,18)2/h4,15-19,22H,5-13H2,1-3H3/b14-4-/t15-,16+,17?,18?,19?,20+,21-/m0/s1. The van der Waals surface area contributed by atoms with Crippen LogP contribution < -0.4 is 0 Å². The van der Waals surface area contributed by atoms with E-state index in [0.717, 1.165) is 36.5 Å². The molecule has 0 heterocycles. The van der Waals surface area contributed by atoms with Gasteiger partial charge in [-0.25, -0.2) is 0 Å². The fraction of sp³-hybridized carbons (Fsp3) is 0.905. The first-order chi connectivity index (χ1) is 10.5. The lowest BCUT2D eigenvalue weighted by Crippen LogP contribution is -2.53. The van der Waals surface area contributed by atoms with Gasteiger partial charge in [0, 0.05) is 0 Å². The number of aliphatic hydroxyl groups excluding tert-OH is 1. The second-order valence-corrected chi connectivity index (χ2v) is 9.39. The van der Waals surface area contributed by atoms with Gasteiger partial charge in [0.15, 0.2) is 0 Å². The molecule has 4 aliphatic rings. The minimum Gasteiger partial charge on any atom is -0.393 e. The van der Waals surface area contributed by atoms with Crippen molar-refractivity contribution in [3.05, 3.63) is 11.6 Å². The van der Waals surface area contributed by atoms with Crippen LogP contribution in [0.2, 0.25) is 0 Å². The Kier molecular flexibility index (Phi) is 3.53. The molecule has 0 amide bonds. The number of hydrogen-bond donors (Lipinski definition) is 1. The van der Waals surface area contributed by atoms with E-state index in [1.807, 2.05) is 0 Å². The molecule has 0 bridgehead atoms. The molecule has 4 saturated carbocycles. The average Bonchev–Trinajstić information content (AvgIpc) is 2.84. The molecule has 0 radical (unpaired) electrons. The second-order valence-electron chi connectivity index (χ2n) is 9.39. The van der Waals surface area contributed by atoms with Crippen molar-refractivity contribution in [3.8, 4) is 0 Å². The predicted octanol–water partition coefficient (Wildman–Crippen LogP) is 5.34. The largest absolute Gasteiger partial charge is 0.393 e. The van der Waals surface area contributed by atoms with Crippen molar-refractivity contribution in [2.24, 2.45) is 34.5 Å². The van der Waals surface area contributed by atoms with Crippen molar-refractivity contribution in [1.82, 2.24) is 0 Å². The molecule has 4 rings (SSSR count). The second kappa shape index (κ2) is 5.10. The van der Waals surface area contributed by atoms with Gasteiger partial charge in [0.2, 0.25) is 0 Å². The summed E-state index contributed by atoms with van der Waals surface area (Å²) < 4.78 is 0. The molecule has 1 heteroatoms. The first-order valence-corrected chi connectivity index (χ1v) is 9.83. The van der Waals surface area contributed by atoms with Crippen LogP contribution in [0.4, 0.5) is 0 Å². The lowest BCUT2D eigenvalue weighted by molar-refractivity contribution is -0.116. The third kappa shape index (κ3) is 1.93. The van der Waals surface area contributed by atoms with Crippen LogP contribution in [0, 0.1) is 34.5 Å². The molecule has 4 fully saturated rings. The number of allylic oxidation sites excluding steroid dienone is 2. The summed E-state index contributed by atoms with van der Waals surface area (Å²) in [4.78, 5) is 0. The van der Waals surface area contributed by atoms with E-state index in [0.29, 0.717) is 10.8 Å². The van der Waals surface area contributed by atoms with Crippen LogP contribution >= 0.6 is 0 Å². The Morgan fingerprint density at radius 1 is 1.00 bits per heavy atom. The molecule has 0 aromatic rings. The Balaban J connectivity index is 1.63. The summed E-state index contributed by atoms with van der Waals surface area (Å²) in [6.07, 6.45) is 14.3. The molecule has 0 aromatic heterocycles. The van der Waals surface area contributed by atoms with E-state index < -0.39 is 0 Å². The summed E-state index contributed by atoms with van der Waals surface area (Å²) in [5.74, 6) is 3.65. The summed E-state index contributed by atoms with van der Waals surface area (Å²) in [5, 5.41) is 10.1. The smallest absolute Gasteiger partial charge is 0.0543 e. The van der Waals surface area contributed by atoms with Crippen LogP contribution in [0.5, 0.6) is 0 Å². The first kappa shape index (κ1) is 15.2. The Labute approximate surface area is 136 Å². The molecule has 3 unspecified atom stereocenters.